The lowest BCUT2D eigenvalue weighted by atomic mass is 9.84. The summed E-state index contributed by atoms with van der Waals surface area (Å²) in [5.74, 6) is 2.74. The van der Waals surface area contributed by atoms with Gasteiger partial charge in [-0.15, -0.1) is 0 Å². The Morgan fingerprint density at radius 1 is 1.29 bits per heavy atom. The van der Waals surface area contributed by atoms with Gasteiger partial charge < -0.3 is 18.9 Å². The summed E-state index contributed by atoms with van der Waals surface area (Å²) in [7, 11) is 3.18. The van der Waals surface area contributed by atoms with Crippen LogP contribution in [0.1, 0.15) is 45.4 Å². The molecule has 1 fully saturated rings. The van der Waals surface area contributed by atoms with Crippen LogP contribution in [0.3, 0.4) is 0 Å². The van der Waals surface area contributed by atoms with E-state index in [-0.39, 0.29) is 17.9 Å². The summed E-state index contributed by atoms with van der Waals surface area (Å²) >= 11 is 0. The number of carbonyl (C=O) groups is 1. The maximum absolute atomic E-state index is 12.7. The Balaban J connectivity index is 1.68. The Kier molecular flexibility index (Phi) is 6.54. The maximum atomic E-state index is 12.7. The monoisotopic (exact) mass is 387 g/mol. The molecular formula is C21H29N3O4. The lowest BCUT2D eigenvalue weighted by molar-refractivity contribution is -0.140. The fourth-order valence-electron chi connectivity index (χ4n) is 3.32. The van der Waals surface area contributed by atoms with Gasteiger partial charge in [-0.05, 0) is 44.4 Å². The number of hydrogen-bond donors (Lipinski definition) is 0. The molecule has 3 rings (SSSR count). The number of aromatic nitrogens is 2. The summed E-state index contributed by atoms with van der Waals surface area (Å²) in [5, 5.41) is 4.08. The van der Waals surface area contributed by atoms with Crippen LogP contribution in [-0.4, -0.2) is 47.8 Å². The molecule has 1 saturated carbocycles. The summed E-state index contributed by atoms with van der Waals surface area (Å²) in [6.45, 7) is 4.80. The second-order valence-electron chi connectivity index (χ2n) is 7.25. The van der Waals surface area contributed by atoms with E-state index in [9.17, 15) is 4.79 Å². The van der Waals surface area contributed by atoms with Gasteiger partial charge >= 0.3 is 0 Å². The van der Waals surface area contributed by atoms with Crippen molar-refractivity contribution >= 4 is 5.91 Å². The smallest absolute Gasteiger partial charge is 0.228 e. The van der Waals surface area contributed by atoms with Crippen LogP contribution in [0.15, 0.2) is 22.7 Å². The first-order valence-electron chi connectivity index (χ1n) is 9.92. The van der Waals surface area contributed by atoms with E-state index in [0.29, 0.717) is 36.2 Å². The quantitative estimate of drug-likeness (QED) is 0.652. The Morgan fingerprint density at radius 2 is 2.04 bits per heavy atom. The number of ether oxygens (including phenoxy) is 2. The van der Waals surface area contributed by atoms with Gasteiger partial charge in [0.05, 0.1) is 14.2 Å². The molecule has 1 atom stereocenters. The van der Waals surface area contributed by atoms with Gasteiger partial charge in [-0.1, -0.05) is 18.5 Å². The minimum Gasteiger partial charge on any atom is -0.493 e. The molecule has 28 heavy (non-hydrogen) atoms. The second kappa shape index (κ2) is 9.08. The minimum absolute atomic E-state index is 0.194. The molecule has 1 heterocycles. The van der Waals surface area contributed by atoms with Crippen LogP contribution in [0, 0.1) is 5.92 Å². The predicted octanol–water partition coefficient (Wildman–Crippen LogP) is 3.72. The van der Waals surface area contributed by atoms with Crippen molar-refractivity contribution < 1.29 is 18.8 Å². The van der Waals surface area contributed by atoms with Crippen molar-refractivity contribution in [1.82, 2.24) is 15.0 Å². The molecule has 1 aromatic heterocycles. The zero-order chi connectivity index (χ0) is 20.1. The Bertz CT molecular complexity index is 801. The average Bonchev–Trinajstić information content (AvgIpc) is 3.14. The first kappa shape index (κ1) is 20.2. The maximum Gasteiger partial charge on any atom is 0.228 e. The van der Waals surface area contributed by atoms with Crippen LogP contribution in [0.4, 0.5) is 0 Å². The van der Waals surface area contributed by atoms with Crippen molar-refractivity contribution in [1.29, 1.82) is 0 Å². The summed E-state index contributed by atoms with van der Waals surface area (Å²) < 4.78 is 16.0. The van der Waals surface area contributed by atoms with Gasteiger partial charge in [0.15, 0.2) is 11.5 Å². The number of nitrogens with zero attached hydrogens (tertiary/aromatic N) is 3. The van der Waals surface area contributed by atoms with Crippen molar-refractivity contribution in [3.8, 4) is 22.9 Å². The van der Waals surface area contributed by atoms with E-state index in [0.717, 1.165) is 31.2 Å². The zero-order valence-corrected chi connectivity index (χ0v) is 17.1. The molecule has 1 aromatic carbocycles. The van der Waals surface area contributed by atoms with Gasteiger partial charge in [0, 0.05) is 30.5 Å². The first-order chi connectivity index (χ1) is 13.6. The molecule has 1 aliphatic rings. The standard InChI is InChI=1S/C21H29N3O4/c1-5-14(2)24(21(25)15-7-6-8-15)12-11-19-22-20(23-28-19)16-9-10-17(26-3)18(13-16)27-4/h9-10,13-15H,5-8,11-12H2,1-4H3/t14-/m1/s1. The fraction of sp³-hybridized carbons (Fsp3) is 0.571. The minimum atomic E-state index is 0.194. The van der Waals surface area contributed by atoms with Crippen LogP contribution < -0.4 is 9.47 Å². The van der Waals surface area contributed by atoms with Gasteiger partial charge in [0.2, 0.25) is 17.6 Å². The highest BCUT2D eigenvalue weighted by atomic mass is 16.5. The topological polar surface area (TPSA) is 77.7 Å². The largest absolute Gasteiger partial charge is 0.493 e. The summed E-state index contributed by atoms with van der Waals surface area (Å²) in [6.07, 6.45) is 4.65. The SMILES string of the molecule is CC[C@@H](C)N(CCc1nc(-c2ccc(OC)c(OC)c2)no1)C(=O)C1CCC1. The number of amides is 1. The highest BCUT2D eigenvalue weighted by Gasteiger charge is 2.31. The number of hydrogen-bond acceptors (Lipinski definition) is 6. The third kappa shape index (κ3) is 4.29. The molecule has 7 heteroatoms. The molecule has 0 spiro atoms. The second-order valence-corrected chi connectivity index (χ2v) is 7.25. The molecule has 0 unspecified atom stereocenters. The molecule has 0 bridgehead atoms. The highest BCUT2D eigenvalue weighted by Crippen LogP contribution is 2.31. The molecule has 1 aliphatic carbocycles. The Morgan fingerprint density at radius 3 is 2.64 bits per heavy atom. The van der Waals surface area contributed by atoms with Crippen LogP contribution >= 0.6 is 0 Å². The molecule has 2 aromatic rings. The molecule has 7 nitrogen and oxygen atoms in total. The zero-order valence-electron chi connectivity index (χ0n) is 17.1. The van der Waals surface area contributed by atoms with Crippen molar-refractivity contribution in [3.63, 3.8) is 0 Å². The predicted molar refractivity (Wildman–Crippen MR) is 105 cm³/mol. The third-order valence-electron chi connectivity index (χ3n) is 5.54. The van der Waals surface area contributed by atoms with Crippen LogP contribution in [-0.2, 0) is 11.2 Å². The molecule has 0 aliphatic heterocycles. The van der Waals surface area contributed by atoms with Crippen LogP contribution in [0.5, 0.6) is 11.5 Å². The molecular weight excluding hydrogens is 358 g/mol. The van der Waals surface area contributed by atoms with Gasteiger partial charge in [0.1, 0.15) is 0 Å². The van der Waals surface area contributed by atoms with Crippen molar-refractivity contribution in [2.45, 2.75) is 52.0 Å². The highest BCUT2D eigenvalue weighted by molar-refractivity contribution is 5.79. The Hall–Kier alpha value is -2.57. The molecule has 1 amide bonds. The number of rotatable bonds is 9. The van der Waals surface area contributed by atoms with E-state index in [1.165, 1.54) is 0 Å². The van der Waals surface area contributed by atoms with Crippen molar-refractivity contribution in [2.75, 3.05) is 20.8 Å². The molecule has 0 radical (unpaired) electrons. The summed E-state index contributed by atoms with van der Waals surface area (Å²) in [6, 6.07) is 5.70. The van der Waals surface area contributed by atoms with Gasteiger partial charge in [-0.25, -0.2) is 0 Å². The number of benzene rings is 1. The molecule has 0 N–H and O–H groups in total. The number of methoxy groups -OCH3 is 2. The number of carbonyl (C=O) groups excluding carboxylic acids is 1. The lowest BCUT2D eigenvalue weighted by Gasteiger charge is -2.35. The van der Waals surface area contributed by atoms with Gasteiger partial charge in [-0.2, -0.15) is 4.98 Å². The van der Waals surface area contributed by atoms with E-state index in [2.05, 4.69) is 24.0 Å². The van der Waals surface area contributed by atoms with E-state index in [1.54, 1.807) is 14.2 Å². The van der Waals surface area contributed by atoms with Crippen LogP contribution in [0.25, 0.3) is 11.4 Å². The van der Waals surface area contributed by atoms with E-state index in [4.69, 9.17) is 14.0 Å². The fourth-order valence-corrected chi connectivity index (χ4v) is 3.32. The normalized spacial score (nSPS) is 15.0. The van der Waals surface area contributed by atoms with Gasteiger partial charge in [0.25, 0.3) is 0 Å². The molecule has 152 valence electrons. The summed E-state index contributed by atoms with van der Waals surface area (Å²) in [5.41, 5.74) is 0.789. The molecule has 0 saturated heterocycles. The third-order valence-corrected chi connectivity index (χ3v) is 5.54. The van der Waals surface area contributed by atoms with Crippen LogP contribution in [0.2, 0.25) is 0 Å². The van der Waals surface area contributed by atoms with Crippen molar-refractivity contribution in [2.24, 2.45) is 5.92 Å². The Labute approximate surface area is 166 Å². The average molecular weight is 387 g/mol. The first-order valence-corrected chi connectivity index (χ1v) is 9.92. The van der Waals surface area contributed by atoms with Crippen molar-refractivity contribution in [3.05, 3.63) is 24.1 Å². The van der Waals surface area contributed by atoms with Gasteiger partial charge in [-0.3, -0.25) is 4.79 Å². The van der Waals surface area contributed by atoms with E-state index in [1.807, 2.05) is 23.1 Å². The van der Waals surface area contributed by atoms with E-state index >= 15 is 0 Å². The van der Waals surface area contributed by atoms with E-state index < -0.39 is 0 Å². The summed E-state index contributed by atoms with van der Waals surface area (Å²) in [4.78, 5) is 19.2. The lowest BCUT2D eigenvalue weighted by Crippen LogP contribution is -2.44.